The Hall–Kier alpha value is -3.95. The third kappa shape index (κ3) is 4.75. The van der Waals surface area contributed by atoms with E-state index >= 15 is 0 Å². The summed E-state index contributed by atoms with van der Waals surface area (Å²) in [5, 5.41) is 0. The molecule has 5 rings (SSSR count). The number of carbonyl (C=O) groups excluding carboxylic acids is 2. The number of carbonyl (C=O) groups is 2. The molecular formula is C27H30FN5O4. The molecule has 2 aromatic heterocycles. The van der Waals surface area contributed by atoms with Crippen LogP contribution in [0.1, 0.15) is 31.7 Å². The Morgan fingerprint density at radius 2 is 1.81 bits per heavy atom. The van der Waals surface area contributed by atoms with Crippen LogP contribution in [-0.4, -0.2) is 70.6 Å². The zero-order chi connectivity index (χ0) is 25.9. The number of pyridine rings is 1. The molecule has 0 saturated carbocycles. The molecule has 0 N–H and O–H groups in total. The molecule has 1 saturated heterocycles. The summed E-state index contributed by atoms with van der Waals surface area (Å²) in [6.07, 6.45) is 0.590. The molecule has 1 aromatic carbocycles. The number of aromatic nitrogens is 3. The number of alkyl halides is 1. The van der Waals surface area contributed by atoms with E-state index in [4.69, 9.17) is 14.5 Å². The highest BCUT2D eigenvalue weighted by Gasteiger charge is 2.34. The molecule has 1 amide bonds. The van der Waals surface area contributed by atoms with Crippen molar-refractivity contribution in [2.75, 3.05) is 37.7 Å². The Bertz CT molecular complexity index is 1300. The van der Waals surface area contributed by atoms with Crippen LogP contribution in [0.5, 0.6) is 0 Å². The number of fused-ring (bicyclic) bond motifs is 1. The zero-order valence-corrected chi connectivity index (χ0v) is 21.0. The van der Waals surface area contributed by atoms with Gasteiger partial charge < -0.3 is 19.3 Å². The van der Waals surface area contributed by atoms with Crippen LogP contribution in [-0.2, 0) is 22.4 Å². The summed E-state index contributed by atoms with van der Waals surface area (Å²) in [7, 11) is 0. The van der Waals surface area contributed by atoms with Crippen molar-refractivity contribution in [2.24, 2.45) is 0 Å². The van der Waals surface area contributed by atoms with Crippen LogP contribution in [0.3, 0.4) is 0 Å². The summed E-state index contributed by atoms with van der Waals surface area (Å²) in [5.41, 5.74) is 3.66. The number of nitrogens with zero attached hydrogens (tertiary/aromatic N) is 5. The predicted octanol–water partition coefficient (Wildman–Crippen LogP) is 4.68. The Morgan fingerprint density at radius 3 is 2.51 bits per heavy atom. The lowest BCUT2D eigenvalue weighted by Gasteiger charge is -2.26. The topological polar surface area (TPSA) is 89.8 Å². The molecule has 0 spiro atoms. The number of ether oxygens (including phenoxy) is 2. The van der Waals surface area contributed by atoms with Gasteiger partial charge in [-0.3, -0.25) is 0 Å². The monoisotopic (exact) mass is 507 g/mol. The molecule has 0 bridgehead atoms. The minimum Gasteiger partial charge on any atom is -0.450 e. The molecule has 3 aromatic rings. The second-order valence-electron chi connectivity index (χ2n) is 8.99. The maximum Gasteiger partial charge on any atom is 0.420 e. The number of amides is 1. The molecule has 4 heterocycles. The molecule has 10 heteroatoms. The molecular weight excluding hydrogens is 477 g/mol. The van der Waals surface area contributed by atoms with E-state index in [9.17, 15) is 14.0 Å². The molecule has 37 heavy (non-hydrogen) atoms. The summed E-state index contributed by atoms with van der Waals surface area (Å²) >= 11 is 0. The fraction of sp³-hybridized carbons (Fsp3) is 0.407. The quantitative estimate of drug-likeness (QED) is 0.495. The molecule has 0 radical (unpaired) electrons. The molecule has 0 aliphatic carbocycles. The summed E-state index contributed by atoms with van der Waals surface area (Å²) in [6.45, 7) is 5.23. The normalized spacial score (nSPS) is 17.0. The van der Waals surface area contributed by atoms with Crippen LogP contribution < -0.4 is 4.90 Å². The van der Waals surface area contributed by atoms with Crippen molar-refractivity contribution in [3.8, 4) is 22.5 Å². The zero-order valence-electron chi connectivity index (χ0n) is 21.0. The van der Waals surface area contributed by atoms with Gasteiger partial charge >= 0.3 is 12.2 Å². The first kappa shape index (κ1) is 24.7. The van der Waals surface area contributed by atoms with Gasteiger partial charge in [-0.25, -0.2) is 28.5 Å². The Morgan fingerprint density at radius 1 is 1.05 bits per heavy atom. The largest absolute Gasteiger partial charge is 0.450 e. The van der Waals surface area contributed by atoms with Gasteiger partial charge in [0.2, 0.25) is 0 Å². The standard InChI is InChI=1S/C27H30FN5O4/c1-3-36-26(34)32-15-12-21-22(17-32)33(27(35)37-4-2)25(30-21)23-20(18-8-6-5-7-9-18)10-13-29-24(23)31-14-11-19(28)16-31/h5-10,13,19H,3-4,11-12,14-17H2,1-2H3. The summed E-state index contributed by atoms with van der Waals surface area (Å²) in [5.74, 6) is 0.940. The van der Waals surface area contributed by atoms with Gasteiger partial charge in [0.25, 0.3) is 0 Å². The highest BCUT2D eigenvalue weighted by atomic mass is 19.1. The van der Waals surface area contributed by atoms with Gasteiger partial charge in [-0.15, -0.1) is 0 Å². The Labute approximate surface area is 214 Å². The van der Waals surface area contributed by atoms with Gasteiger partial charge in [0, 0.05) is 25.7 Å². The van der Waals surface area contributed by atoms with Crippen LogP contribution in [0.2, 0.25) is 0 Å². The number of anilines is 1. The van der Waals surface area contributed by atoms with Gasteiger partial charge in [0.15, 0.2) is 5.82 Å². The first-order valence-electron chi connectivity index (χ1n) is 12.6. The van der Waals surface area contributed by atoms with Crippen molar-refractivity contribution in [3.05, 3.63) is 54.0 Å². The molecule has 1 atom stereocenters. The van der Waals surface area contributed by atoms with Crippen molar-refractivity contribution in [1.29, 1.82) is 0 Å². The smallest absolute Gasteiger partial charge is 0.420 e. The summed E-state index contributed by atoms with van der Waals surface area (Å²) < 4.78 is 26.4. The van der Waals surface area contributed by atoms with Crippen LogP contribution in [0.25, 0.3) is 22.5 Å². The van der Waals surface area contributed by atoms with Crippen molar-refractivity contribution in [2.45, 2.75) is 39.4 Å². The average Bonchev–Trinajstić information content (AvgIpc) is 3.52. The fourth-order valence-corrected chi connectivity index (χ4v) is 4.96. The van der Waals surface area contributed by atoms with Gasteiger partial charge in [-0.05, 0) is 37.5 Å². The fourth-order valence-electron chi connectivity index (χ4n) is 4.96. The Kier molecular flexibility index (Phi) is 7.07. The number of rotatable bonds is 5. The molecule has 9 nitrogen and oxygen atoms in total. The maximum absolute atomic E-state index is 14.3. The minimum atomic E-state index is -0.953. The van der Waals surface area contributed by atoms with E-state index in [0.29, 0.717) is 54.5 Å². The van der Waals surface area contributed by atoms with Crippen molar-refractivity contribution in [1.82, 2.24) is 19.4 Å². The molecule has 194 valence electrons. The average molecular weight is 508 g/mol. The summed E-state index contributed by atoms with van der Waals surface area (Å²) in [4.78, 5) is 38.9. The third-order valence-corrected chi connectivity index (χ3v) is 6.66. The van der Waals surface area contributed by atoms with Gasteiger partial charge in [-0.2, -0.15) is 0 Å². The van der Waals surface area contributed by atoms with Crippen molar-refractivity contribution in [3.63, 3.8) is 0 Å². The molecule has 1 fully saturated rings. The van der Waals surface area contributed by atoms with Crippen LogP contribution in [0.15, 0.2) is 42.6 Å². The van der Waals surface area contributed by atoms with Crippen LogP contribution >= 0.6 is 0 Å². The maximum atomic E-state index is 14.3. The van der Waals surface area contributed by atoms with Gasteiger partial charge in [0.05, 0.1) is 43.3 Å². The van der Waals surface area contributed by atoms with E-state index in [1.54, 1.807) is 24.9 Å². The number of imidazole rings is 1. The second-order valence-corrected chi connectivity index (χ2v) is 8.99. The molecule has 2 aliphatic heterocycles. The molecule has 2 aliphatic rings. The number of hydrogen-bond acceptors (Lipinski definition) is 7. The van der Waals surface area contributed by atoms with Gasteiger partial charge in [0.1, 0.15) is 12.0 Å². The van der Waals surface area contributed by atoms with E-state index in [2.05, 4.69) is 4.98 Å². The lowest BCUT2D eigenvalue weighted by Crippen LogP contribution is -2.37. The van der Waals surface area contributed by atoms with Crippen molar-refractivity contribution < 1.29 is 23.5 Å². The predicted molar refractivity (Wildman–Crippen MR) is 136 cm³/mol. The first-order valence-corrected chi connectivity index (χ1v) is 12.6. The Balaban J connectivity index is 1.72. The third-order valence-electron chi connectivity index (χ3n) is 6.66. The minimum absolute atomic E-state index is 0.159. The molecule has 1 unspecified atom stereocenters. The number of hydrogen-bond donors (Lipinski definition) is 0. The van der Waals surface area contributed by atoms with Gasteiger partial charge in [-0.1, -0.05) is 30.3 Å². The number of benzene rings is 1. The van der Waals surface area contributed by atoms with E-state index in [1.807, 2.05) is 41.3 Å². The van der Waals surface area contributed by atoms with Crippen LogP contribution in [0, 0.1) is 0 Å². The first-order chi connectivity index (χ1) is 18.0. The van der Waals surface area contributed by atoms with E-state index in [-0.39, 0.29) is 26.3 Å². The highest BCUT2D eigenvalue weighted by Crippen LogP contribution is 2.40. The summed E-state index contributed by atoms with van der Waals surface area (Å²) in [6, 6.07) is 11.6. The van der Waals surface area contributed by atoms with Crippen LogP contribution in [0.4, 0.5) is 19.8 Å². The second kappa shape index (κ2) is 10.6. The van der Waals surface area contributed by atoms with Crippen molar-refractivity contribution >= 4 is 18.0 Å². The number of halogens is 1. The van der Waals surface area contributed by atoms with E-state index < -0.39 is 18.4 Å². The highest BCUT2D eigenvalue weighted by molar-refractivity contribution is 5.91. The lowest BCUT2D eigenvalue weighted by molar-refractivity contribution is 0.101. The van der Waals surface area contributed by atoms with E-state index in [1.165, 1.54) is 4.57 Å². The lowest BCUT2D eigenvalue weighted by atomic mass is 10.00. The SMILES string of the molecule is CCOC(=O)N1CCc2nc(-c3c(-c4ccccc4)ccnc3N3CCC(F)C3)n(C(=O)OCC)c2C1. The van der Waals surface area contributed by atoms with E-state index in [0.717, 1.165) is 11.1 Å².